The Morgan fingerprint density at radius 3 is 2.62 bits per heavy atom. The Morgan fingerprint density at radius 2 is 2.00 bits per heavy atom. The summed E-state index contributed by atoms with van der Waals surface area (Å²) in [5.74, 6) is 0. The van der Waals surface area contributed by atoms with Gasteiger partial charge in [0.05, 0.1) is 18.1 Å². The van der Waals surface area contributed by atoms with Gasteiger partial charge in [0.2, 0.25) is 0 Å². The predicted molar refractivity (Wildman–Crippen MR) is 65.6 cm³/mol. The molecule has 4 heteroatoms. The highest BCUT2D eigenvalue weighted by atomic mass is 15.2. The fraction of sp³-hybridized carbons (Fsp3) is 0.667. The number of rotatable bonds is 3. The molecule has 2 heterocycles. The van der Waals surface area contributed by atoms with Crippen LogP contribution in [0.25, 0.3) is 0 Å². The fourth-order valence-electron chi connectivity index (χ4n) is 2.35. The van der Waals surface area contributed by atoms with Gasteiger partial charge in [0.1, 0.15) is 6.33 Å². The molecule has 1 aromatic heterocycles. The standard InChI is InChI=1S/C12H20N4/c1-3-12(4-2)9-16(6-5-15-12)11-7-13-10-14-8-11/h7-8,10,15H,3-6,9H2,1-2H3. The zero-order valence-corrected chi connectivity index (χ0v) is 10.1. The first-order valence-corrected chi connectivity index (χ1v) is 6.04. The lowest BCUT2D eigenvalue weighted by Crippen LogP contribution is -2.60. The molecule has 1 aliphatic rings. The summed E-state index contributed by atoms with van der Waals surface area (Å²) >= 11 is 0. The molecule has 1 aromatic rings. The van der Waals surface area contributed by atoms with Crippen molar-refractivity contribution in [1.29, 1.82) is 0 Å². The molecule has 16 heavy (non-hydrogen) atoms. The van der Waals surface area contributed by atoms with Gasteiger partial charge in [-0.1, -0.05) is 13.8 Å². The number of nitrogens with one attached hydrogen (secondary N) is 1. The third-order valence-corrected chi connectivity index (χ3v) is 3.64. The smallest absolute Gasteiger partial charge is 0.115 e. The number of nitrogens with zero attached hydrogens (tertiary/aromatic N) is 3. The van der Waals surface area contributed by atoms with E-state index in [4.69, 9.17) is 0 Å². The summed E-state index contributed by atoms with van der Waals surface area (Å²) in [5, 5.41) is 3.65. The van der Waals surface area contributed by atoms with Crippen molar-refractivity contribution in [2.75, 3.05) is 24.5 Å². The number of aromatic nitrogens is 2. The summed E-state index contributed by atoms with van der Waals surface area (Å²) in [7, 11) is 0. The summed E-state index contributed by atoms with van der Waals surface area (Å²) in [5.41, 5.74) is 1.39. The molecule has 0 amide bonds. The molecule has 0 aliphatic carbocycles. The summed E-state index contributed by atoms with van der Waals surface area (Å²) < 4.78 is 0. The van der Waals surface area contributed by atoms with Gasteiger partial charge in [0.15, 0.2) is 0 Å². The lowest BCUT2D eigenvalue weighted by molar-refractivity contribution is 0.277. The third-order valence-electron chi connectivity index (χ3n) is 3.64. The van der Waals surface area contributed by atoms with E-state index in [1.807, 2.05) is 12.4 Å². The molecular weight excluding hydrogens is 200 g/mol. The molecule has 1 saturated heterocycles. The molecule has 88 valence electrons. The van der Waals surface area contributed by atoms with E-state index in [2.05, 4.69) is 34.0 Å². The second-order valence-electron chi connectivity index (χ2n) is 4.43. The van der Waals surface area contributed by atoms with Crippen LogP contribution in [0.2, 0.25) is 0 Å². The summed E-state index contributed by atoms with van der Waals surface area (Å²) in [6, 6.07) is 0. The van der Waals surface area contributed by atoms with Crippen molar-refractivity contribution < 1.29 is 0 Å². The zero-order valence-electron chi connectivity index (χ0n) is 10.1. The first-order valence-electron chi connectivity index (χ1n) is 6.04. The second kappa shape index (κ2) is 4.78. The average Bonchev–Trinajstić information content (AvgIpc) is 2.40. The van der Waals surface area contributed by atoms with Crippen LogP contribution in [0.5, 0.6) is 0 Å². The van der Waals surface area contributed by atoms with E-state index >= 15 is 0 Å². The van der Waals surface area contributed by atoms with Gasteiger partial charge < -0.3 is 10.2 Å². The topological polar surface area (TPSA) is 41.1 Å². The largest absolute Gasteiger partial charge is 0.366 e. The molecule has 4 nitrogen and oxygen atoms in total. The normalized spacial score (nSPS) is 19.8. The molecular formula is C12H20N4. The maximum absolute atomic E-state index is 4.09. The molecule has 2 rings (SSSR count). The van der Waals surface area contributed by atoms with Crippen LogP contribution in [0.1, 0.15) is 26.7 Å². The third kappa shape index (κ3) is 2.16. The quantitative estimate of drug-likeness (QED) is 0.837. The van der Waals surface area contributed by atoms with Crippen molar-refractivity contribution in [3.63, 3.8) is 0 Å². The van der Waals surface area contributed by atoms with Crippen molar-refractivity contribution in [2.24, 2.45) is 0 Å². The number of piperazine rings is 1. The van der Waals surface area contributed by atoms with Crippen LogP contribution in [-0.2, 0) is 0 Å². The monoisotopic (exact) mass is 220 g/mol. The minimum Gasteiger partial charge on any atom is -0.366 e. The van der Waals surface area contributed by atoms with Crippen molar-refractivity contribution >= 4 is 5.69 Å². The predicted octanol–water partition coefficient (Wildman–Crippen LogP) is 1.45. The summed E-state index contributed by atoms with van der Waals surface area (Å²) in [6.07, 6.45) is 7.70. The first-order chi connectivity index (χ1) is 7.79. The van der Waals surface area contributed by atoms with Gasteiger partial charge >= 0.3 is 0 Å². The summed E-state index contributed by atoms with van der Waals surface area (Å²) in [6.45, 7) is 7.63. The highest BCUT2D eigenvalue weighted by molar-refractivity contribution is 5.43. The lowest BCUT2D eigenvalue weighted by Gasteiger charge is -2.43. The van der Waals surface area contributed by atoms with E-state index in [0.29, 0.717) is 0 Å². The Kier molecular flexibility index (Phi) is 3.39. The molecule has 1 aliphatic heterocycles. The van der Waals surface area contributed by atoms with Crippen molar-refractivity contribution in [3.8, 4) is 0 Å². The molecule has 1 fully saturated rings. The minimum absolute atomic E-state index is 0.258. The fourth-order valence-corrected chi connectivity index (χ4v) is 2.35. The molecule has 0 unspecified atom stereocenters. The highest BCUT2D eigenvalue weighted by Crippen LogP contribution is 2.23. The summed E-state index contributed by atoms with van der Waals surface area (Å²) in [4.78, 5) is 10.6. The van der Waals surface area contributed by atoms with E-state index < -0.39 is 0 Å². The van der Waals surface area contributed by atoms with Crippen molar-refractivity contribution in [3.05, 3.63) is 18.7 Å². The molecule has 0 aromatic carbocycles. The Labute approximate surface area is 97.1 Å². The minimum atomic E-state index is 0.258. The van der Waals surface area contributed by atoms with Crippen LogP contribution in [0.15, 0.2) is 18.7 Å². The van der Waals surface area contributed by atoms with E-state index in [9.17, 15) is 0 Å². The maximum Gasteiger partial charge on any atom is 0.115 e. The van der Waals surface area contributed by atoms with Crippen LogP contribution < -0.4 is 10.2 Å². The van der Waals surface area contributed by atoms with Crippen LogP contribution in [0, 0.1) is 0 Å². The Balaban J connectivity index is 2.13. The number of hydrogen-bond acceptors (Lipinski definition) is 4. The molecule has 0 atom stereocenters. The first kappa shape index (κ1) is 11.3. The van der Waals surface area contributed by atoms with Gasteiger partial charge in [-0.3, -0.25) is 0 Å². The molecule has 0 radical (unpaired) electrons. The van der Waals surface area contributed by atoms with Crippen LogP contribution in [-0.4, -0.2) is 35.1 Å². The average molecular weight is 220 g/mol. The van der Waals surface area contributed by atoms with E-state index in [-0.39, 0.29) is 5.54 Å². The Bertz CT molecular complexity index is 321. The zero-order chi connectivity index (χ0) is 11.4. The second-order valence-corrected chi connectivity index (χ2v) is 4.43. The maximum atomic E-state index is 4.09. The van der Waals surface area contributed by atoms with E-state index in [0.717, 1.165) is 38.2 Å². The molecule has 0 saturated carbocycles. The Hall–Kier alpha value is -1.16. The molecule has 0 bridgehead atoms. The van der Waals surface area contributed by atoms with Gasteiger partial charge in [0, 0.05) is 25.2 Å². The van der Waals surface area contributed by atoms with E-state index in [1.54, 1.807) is 6.33 Å². The van der Waals surface area contributed by atoms with Crippen LogP contribution in [0.4, 0.5) is 5.69 Å². The highest BCUT2D eigenvalue weighted by Gasteiger charge is 2.31. The SMILES string of the molecule is CCC1(CC)CN(c2cncnc2)CCN1. The van der Waals surface area contributed by atoms with Crippen molar-refractivity contribution in [1.82, 2.24) is 15.3 Å². The molecule has 1 N–H and O–H groups in total. The van der Waals surface area contributed by atoms with Crippen LogP contribution in [0.3, 0.4) is 0 Å². The van der Waals surface area contributed by atoms with Gasteiger partial charge in [-0.2, -0.15) is 0 Å². The lowest BCUT2D eigenvalue weighted by atomic mass is 9.90. The number of hydrogen-bond donors (Lipinski definition) is 1. The Morgan fingerprint density at radius 1 is 1.31 bits per heavy atom. The number of anilines is 1. The molecule has 0 spiro atoms. The van der Waals surface area contributed by atoms with Gasteiger partial charge in [-0.25, -0.2) is 9.97 Å². The van der Waals surface area contributed by atoms with Crippen LogP contribution >= 0.6 is 0 Å². The van der Waals surface area contributed by atoms with Gasteiger partial charge in [-0.15, -0.1) is 0 Å². The van der Waals surface area contributed by atoms with E-state index in [1.165, 1.54) is 0 Å². The van der Waals surface area contributed by atoms with Gasteiger partial charge in [-0.05, 0) is 12.8 Å². The van der Waals surface area contributed by atoms with Gasteiger partial charge in [0.25, 0.3) is 0 Å². The van der Waals surface area contributed by atoms with Crippen molar-refractivity contribution in [2.45, 2.75) is 32.2 Å².